The van der Waals surface area contributed by atoms with Crippen molar-refractivity contribution in [3.05, 3.63) is 23.9 Å². The number of ether oxygens (including phenoxy) is 1. The second-order valence-electron chi connectivity index (χ2n) is 8.58. The van der Waals surface area contributed by atoms with Gasteiger partial charge in [0.25, 0.3) is 0 Å². The molecule has 1 amide bonds. The summed E-state index contributed by atoms with van der Waals surface area (Å²) >= 11 is 0. The van der Waals surface area contributed by atoms with Crippen molar-refractivity contribution in [2.75, 3.05) is 18.0 Å². The lowest BCUT2D eigenvalue weighted by Crippen LogP contribution is -2.38. The number of carbonyl (C=O) groups excluding carboxylic acids is 1. The van der Waals surface area contributed by atoms with Gasteiger partial charge in [-0.05, 0) is 77.6 Å². The van der Waals surface area contributed by atoms with Crippen LogP contribution >= 0.6 is 0 Å². The van der Waals surface area contributed by atoms with Crippen LogP contribution in [0.15, 0.2) is 18.3 Å². The highest BCUT2D eigenvalue weighted by atomic mass is 16.6. The summed E-state index contributed by atoms with van der Waals surface area (Å²) in [5.41, 5.74) is 0.774. The Morgan fingerprint density at radius 2 is 2.08 bits per heavy atom. The molecule has 1 aromatic rings. The first-order chi connectivity index (χ1) is 12.4. The third kappa shape index (κ3) is 4.76. The number of hydrogen-bond donors (Lipinski definition) is 0. The smallest absolute Gasteiger partial charge is 0.416 e. The average molecular weight is 360 g/mol. The molecule has 1 aliphatic heterocycles. The molecule has 0 unspecified atom stereocenters. The number of anilines is 1. The van der Waals surface area contributed by atoms with Gasteiger partial charge < -0.3 is 4.74 Å². The zero-order chi connectivity index (χ0) is 18.7. The molecule has 1 saturated heterocycles. The first-order valence-electron chi connectivity index (χ1n) is 10.1. The summed E-state index contributed by atoms with van der Waals surface area (Å²) < 4.78 is 5.59. The van der Waals surface area contributed by atoms with Crippen molar-refractivity contribution in [1.82, 2.24) is 9.88 Å². The minimum atomic E-state index is -0.492. The SMILES string of the molecule is CCCCN1CCC[C@H]1c1ccc(N(C(=O)OC(C)(C)C)C2CC2)nc1. The van der Waals surface area contributed by atoms with E-state index in [2.05, 4.69) is 22.9 Å². The normalized spacial score (nSPS) is 21.0. The molecule has 2 fully saturated rings. The Morgan fingerprint density at radius 1 is 1.31 bits per heavy atom. The highest BCUT2D eigenvalue weighted by molar-refractivity contribution is 5.88. The van der Waals surface area contributed by atoms with Crippen molar-refractivity contribution in [3.8, 4) is 0 Å². The van der Waals surface area contributed by atoms with E-state index in [4.69, 9.17) is 4.74 Å². The molecule has 5 heteroatoms. The maximum atomic E-state index is 12.6. The van der Waals surface area contributed by atoms with Crippen LogP contribution in [0.3, 0.4) is 0 Å². The fourth-order valence-electron chi connectivity index (χ4n) is 3.64. The van der Waals surface area contributed by atoms with Gasteiger partial charge in [-0.25, -0.2) is 9.78 Å². The van der Waals surface area contributed by atoms with E-state index in [9.17, 15) is 4.79 Å². The summed E-state index contributed by atoms with van der Waals surface area (Å²) in [6, 6.07) is 4.85. The largest absolute Gasteiger partial charge is 0.443 e. The monoisotopic (exact) mass is 359 g/mol. The number of amides is 1. The summed E-state index contributed by atoms with van der Waals surface area (Å²) in [5.74, 6) is 0.712. The lowest BCUT2D eigenvalue weighted by Gasteiger charge is -2.27. The van der Waals surface area contributed by atoms with Gasteiger partial charge in [0.05, 0.1) is 0 Å². The summed E-state index contributed by atoms with van der Waals surface area (Å²) in [7, 11) is 0. The Balaban J connectivity index is 1.72. The molecule has 1 aliphatic carbocycles. The molecule has 0 N–H and O–H groups in total. The Hall–Kier alpha value is -1.62. The lowest BCUT2D eigenvalue weighted by molar-refractivity contribution is 0.0576. The molecule has 0 radical (unpaired) electrons. The Labute approximate surface area is 157 Å². The van der Waals surface area contributed by atoms with Crippen LogP contribution in [-0.4, -0.2) is 40.7 Å². The van der Waals surface area contributed by atoms with E-state index in [0.29, 0.717) is 11.9 Å². The van der Waals surface area contributed by atoms with Gasteiger partial charge in [0, 0.05) is 18.3 Å². The number of rotatable bonds is 6. The van der Waals surface area contributed by atoms with E-state index in [1.807, 2.05) is 33.0 Å². The molecular weight excluding hydrogens is 326 g/mol. The molecule has 2 heterocycles. The highest BCUT2D eigenvalue weighted by Crippen LogP contribution is 2.35. The van der Waals surface area contributed by atoms with Crippen LogP contribution in [0.25, 0.3) is 0 Å². The molecule has 3 rings (SSSR count). The molecule has 0 bridgehead atoms. The number of carbonyl (C=O) groups is 1. The molecule has 144 valence electrons. The van der Waals surface area contributed by atoms with E-state index in [1.165, 1.54) is 37.8 Å². The van der Waals surface area contributed by atoms with Crippen LogP contribution in [0.4, 0.5) is 10.6 Å². The summed E-state index contributed by atoms with van der Waals surface area (Å²) in [5, 5.41) is 0. The number of hydrogen-bond acceptors (Lipinski definition) is 4. The van der Waals surface area contributed by atoms with Crippen molar-refractivity contribution in [2.24, 2.45) is 0 Å². The quantitative estimate of drug-likeness (QED) is 0.723. The van der Waals surface area contributed by atoms with Gasteiger partial charge in [0.1, 0.15) is 11.4 Å². The lowest BCUT2D eigenvalue weighted by atomic mass is 10.1. The fourth-order valence-corrected chi connectivity index (χ4v) is 3.64. The molecule has 0 spiro atoms. The van der Waals surface area contributed by atoms with E-state index in [1.54, 1.807) is 4.90 Å². The molecule has 1 atom stereocenters. The van der Waals surface area contributed by atoms with Crippen molar-refractivity contribution < 1.29 is 9.53 Å². The van der Waals surface area contributed by atoms with E-state index < -0.39 is 5.60 Å². The first kappa shape index (κ1) is 19.2. The average Bonchev–Trinajstić information content (AvgIpc) is 3.29. The maximum Gasteiger partial charge on any atom is 0.416 e. The van der Waals surface area contributed by atoms with Crippen molar-refractivity contribution in [2.45, 2.75) is 83.9 Å². The summed E-state index contributed by atoms with van der Waals surface area (Å²) in [4.78, 5) is 21.6. The second kappa shape index (κ2) is 7.95. The van der Waals surface area contributed by atoms with Gasteiger partial charge in [-0.2, -0.15) is 0 Å². The zero-order valence-electron chi connectivity index (χ0n) is 16.7. The van der Waals surface area contributed by atoms with Gasteiger partial charge in [0.2, 0.25) is 0 Å². The Kier molecular flexibility index (Phi) is 5.86. The second-order valence-corrected chi connectivity index (χ2v) is 8.58. The number of pyridine rings is 1. The highest BCUT2D eigenvalue weighted by Gasteiger charge is 2.37. The predicted octanol–water partition coefficient (Wildman–Crippen LogP) is 4.92. The van der Waals surface area contributed by atoms with Gasteiger partial charge in [-0.1, -0.05) is 19.4 Å². The van der Waals surface area contributed by atoms with Gasteiger partial charge >= 0.3 is 6.09 Å². The standard InChI is InChI=1S/C21H33N3O2/c1-5-6-13-23-14-7-8-18(23)16-9-12-19(22-15-16)24(17-10-11-17)20(25)26-21(2,3)4/h9,12,15,17-18H,5-8,10-11,13-14H2,1-4H3/t18-/m0/s1. The molecule has 1 saturated carbocycles. The van der Waals surface area contributed by atoms with Gasteiger partial charge in [-0.3, -0.25) is 9.80 Å². The number of unbranched alkanes of at least 4 members (excludes halogenated alkanes) is 1. The Morgan fingerprint density at radius 3 is 2.65 bits per heavy atom. The van der Waals surface area contributed by atoms with E-state index in [0.717, 1.165) is 19.4 Å². The van der Waals surface area contributed by atoms with Crippen molar-refractivity contribution >= 4 is 11.9 Å². The Bertz CT molecular complexity index is 605. The minimum Gasteiger partial charge on any atom is -0.443 e. The number of likely N-dealkylation sites (tertiary alicyclic amines) is 1. The molecule has 5 nitrogen and oxygen atoms in total. The fraction of sp³-hybridized carbons (Fsp3) is 0.714. The summed E-state index contributed by atoms with van der Waals surface area (Å²) in [6.07, 6.45) is 8.65. The topological polar surface area (TPSA) is 45.7 Å². The van der Waals surface area contributed by atoms with Gasteiger partial charge in [-0.15, -0.1) is 0 Å². The minimum absolute atomic E-state index is 0.232. The molecular formula is C21H33N3O2. The van der Waals surface area contributed by atoms with Crippen LogP contribution in [0, 0.1) is 0 Å². The third-order valence-electron chi connectivity index (χ3n) is 5.07. The van der Waals surface area contributed by atoms with Gasteiger partial charge in [0.15, 0.2) is 0 Å². The van der Waals surface area contributed by atoms with E-state index >= 15 is 0 Å². The van der Waals surface area contributed by atoms with Crippen LogP contribution in [0.2, 0.25) is 0 Å². The van der Waals surface area contributed by atoms with Crippen molar-refractivity contribution in [3.63, 3.8) is 0 Å². The molecule has 0 aromatic carbocycles. The maximum absolute atomic E-state index is 12.6. The third-order valence-corrected chi connectivity index (χ3v) is 5.07. The zero-order valence-corrected chi connectivity index (χ0v) is 16.7. The molecule has 2 aliphatic rings. The number of nitrogens with zero attached hydrogens (tertiary/aromatic N) is 3. The predicted molar refractivity (Wildman–Crippen MR) is 104 cm³/mol. The van der Waals surface area contributed by atoms with Crippen LogP contribution in [0.5, 0.6) is 0 Å². The van der Waals surface area contributed by atoms with E-state index in [-0.39, 0.29) is 12.1 Å². The summed E-state index contributed by atoms with van der Waals surface area (Å²) in [6.45, 7) is 10.3. The van der Waals surface area contributed by atoms with Crippen LogP contribution in [0.1, 0.15) is 77.8 Å². The molecule has 26 heavy (non-hydrogen) atoms. The van der Waals surface area contributed by atoms with Crippen LogP contribution < -0.4 is 4.90 Å². The van der Waals surface area contributed by atoms with Crippen molar-refractivity contribution in [1.29, 1.82) is 0 Å². The first-order valence-corrected chi connectivity index (χ1v) is 10.1. The number of aromatic nitrogens is 1. The molecule has 1 aromatic heterocycles. The van der Waals surface area contributed by atoms with Crippen LogP contribution in [-0.2, 0) is 4.74 Å².